The quantitative estimate of drug-likeness (QED) is 0.626. The summed E-state index contributed by atoms with van der Waals surface area (Å²) in [6.07, 6.45) is 4.33. The highest BCUT2D eigenvalue weighted by molar-refractivity contribution is 5.95. The molecule has 0 atom stereocenters. The zero-order valence-corrected chi connectivity index (χ0v) is 15.8. The highest BCUT2D eigenvalue weighted by Gasteiger charge is 2.19. The van der Waals surface area contributed by atoms with Gasteiger partial charge in [0.05, 0.1) is 23.6 Å². The molecule has 0 aliphatic rings. The van der Waals surface area contributed by atoms with Gasteiger partial charge in [0.25, 0.3) is 5.91 Å². The number of nitrogens with zero attached hydrogens (tertiary/aromatic N) is 4. The van der Waals surface area contributed by atoms with E-state index in [2.05, 4.69) is 20.3 Å². The third kappa shape index (κ3) is 4.22. The Morgan fingerprint density at radius 2 is 1.96 bits per heavy atom. The molecule has 28 heavy (non-hydrogen) atoms. The van der Waals surface area contributed by atoms with E-state index >= 15 is 0 Å². The van der Waals surface area contributed by atoms with Crippen LogP contribution >= 0.6 is 0 Å². The van der Waals surface area contributed by atoms with Crippen LogP contribution in [0.4, 0.5) is 11.4 Å². The molecule has 8 nitrogen and oxygen atoms in total. The third-order valence-corrected chi connectivity index (χ3v) is 3.96. The Morgan fingerprint density at radius 1 is 1.18 bits per heavy atom. The van der Waals surface area contributed by atoms with E-state index in [0.29, 0.717) is 30.0 Å². The van der Waals surface area contributed by atoms with E-state index in [0.717, 1.165) is 16.9 Å². The average Bonchev–Trinajstić information content (AvgIpc) is 3.03. The Kier molecular flexibility index (Phi) is 6.11. The van der Waals surface area contributed by atoms with E-state index in [9.17, 15) is 9.59 Å². The molecule has 2 aromatic heterocycles. The van der Waals surface area contributed by atoms with E-state index in [1.54, 1.807) is 42.6 Å². The van der Waals surface area contributed by atoms with Crippen molar-refractivity contribution in [3.63, 3.8) is 0 Å². The number of hydrogen-bond acceptors (Lipinski definition) is 6. The SMILES string of the molecule is CCCc1[nH]n(C(=O)c2cccnc2)c(=O)c1N=Nc1ccc(OCC)cc1. The van der Waals surface area contributed by atoms with Crippen molar-refractivity contribution in [2.24, 2.45) is 10.2 Å². The largest absolute Gasteiger partial charge is 0.494 e. The van der Waals surface area contributed by atoms with Crippen molar-refractivity contribution in [3.05, 3.63) is 70.4 Å². The lowest BCUT2D eigenvalue weighted by molar-refractivity contribution is 0.0940. The predicted octanol–water partition coefficient (Wildman–Crippen LogP) is 4.03. The summed E-state index contributed by atoms with van der Waals surface area (Å²) in [5, 5.41) is 11.1. The number of ether oxygens (including phenoxy) is 1. The topological polar surface area (TPSA) is 102 Å². The summed E-state index contributed by atoms with van der Waals surface area (Å²) in [6, 6.07) is 10.3. The molecule has 0 amide bonds. The van der Waals surface area contributed by atoms with Crippen LogP contribution in [0.2, 0.25) is 0 Å². The van der Waals surface area contributed by atoms with E-state index in [4.69, 9.17) is 4.74 Å². The van der Waals surface area contributed by atoms with Crippen LogP contribution in [-0.2, 0) is 6.42 Å². The number of carbonyl (C=O) groups excluding carboxylic acids is 1. The summed E-state index contributed by atoms with van der Waals surface area (Å²) in [7, 11) is 0. The smallest absolute Gasteiger partial charge is 0.302 e. The first-order valence-corrected chi connectivity index (χ1v) is 9.07. The lowest BCUT2D eigenvalue weighted by Gasteiger charge is -2.01. The van der Waals surface area contributed by atoms with Gasteiger partial charge in [0.2, 0.25) is 0 Å². The third-order valence-electron chi connectivity index (χ3n) is 3.96. The maximum Gasteiger partial charge on any atom is 0.302 e. The van der Waals surface area contributed by atoms with Crippen LogP contribution in [0.15, 0.2) is 63.8 Å². The highest BCUT2D eigenvalue weighted by Crippen LogP contribution is 2.22. The maximum atomic E-state index is 12.8. The van der Waals surface area contributed by atoms with Crippen molar-refractivity contribution in [1.82, 2.24) is 14.8 Å². The van der Waals surface area contributed by atoms with Gasteiger partial charge in [0, 0.05) is 12.4 Å². The molecule has 0 saturated carbocycles. The number of nitrogens with one attached hydrogen (secondary N) is 1. The monoisotopic (exact) mass is 379 g/mol. The van der Waals surface area contributed by atoms with Gasteiger partial charge in [-0.1, -0.05) is 13.3 Å². The minimum absolute atomic E-state index is 0.132. The fourth-order valence-corrected chi connectivity index (χ4v) is 2.65. The normalized spacial score (nSPS) is 11.1. The summed E-state index contributed by atoms with van der Waals surface area (Å²) in [5.74, 6) is 0.247. The van der Waals surface area contributed by atoms with Gasteiger partial charge in [0.1, 0.15) is 5.75 Å². The molecular weight excluding hydrogens is 358 g/mol. The number of hydrogen-bond donors (Lipinski definition) is 1. The van der Waals surface area contributed by atoms with Crippen LogP contribution in [0.1, 0.15) is 36.3 Å². The van der Waals surface area contributed by atoms with E-state index in [1.165, 1.54) is 6.20 Å². The first-order valence-electron chi connectivity index (χ1n) is 9.07. The predicted molar refractivity (Wildman–Crippen MR) is 105 cm³/mol. The summed E-state index contributed by atoms with van der Waals surface area (Å²) >= 11 is 0. The average molecular weight is 379 g/mol. The number of rotatable bonds is 7. The van der Waals surface area contributed by atoms with E-state index in [1.807, 2.05) is 13.8 Å². The number of aromatic amines is 1. The van der Waals surface area contributed by atoms with Gasteiger partial charge in [-0.15, -0.1) is 5.11 Å². The first-order chi connectivity index (χ1) is 13.6. The van der Waals surface area contributed by atoms with Crippen molar-refractivity contribution >= 4 is 17.3 Å². The van der Waals surface area contributed by atoms with Gasteiger partial charge in [0.15, 0.2) is 5.69 Å². The molecule has 3 rings (SSSR count). The molecule has 0 radical (unpaired) electrons. The van der Waals surface area contributed by atoms with Crippen LogP contribution in [0, 0.1) is 0 Å². The molecule has 8 heteroatoms. The fraction of sp³-hybridized carbons (Fsp3) is 0.250. The fourth-order valence-electron chi connectivity index (χ4n) is 2.65. The zero-order valence-electron chi connectivity index (χ0n) is 15.8. The van der Waals surface area contributed by atoms with Crippen molar-refractivity contribution < 1.29 is 9.53 Å². The molecule has 144 valence electrons. The maximum absolute atomic E-state index is 12.8. The lowest BCUT2D eigenvalue weighted by Crippen LogP contribution is -2.25. The highest BCUT2D eigenvalue weighted by atomic mass is 16.5. The van der Waals surface area contributed by atoms with Crippen LogP contribution in [0.5, 0.6) is 5.75 Å². The van der Waals surface area contributed by atoms with Gasteiger partial charge >= 0.3 is 5.56 Å². The molecule has 0 spiro atoms. The summed E-state index contributed by atoms with van der Waals surface area (Å²) in [6.45, 7) is 4.47. The first kappa shape index (κ1) is 19.2. The lowest BCUT2D eigenvalue weighted by atomic mass is 10.2. The Labute approximate surface area is 161 Å². The minimum Gasteiger partial charge on any atom is -0.494 e. The molecule has 0 aliphatic carbocycles. The number of aromatic nitrogens is 3. The molecule has 1 aromatic carbocycles. The number of azo groups is 1. The van der Waals surface area contributed by atoms with Crippen molar-refractivity contribution in [2.45, 2.75) is 26.7 Å². The zero-order chi connectivity index (χ0) is 19.9. The van der Waals surface area contributed by atoms with Gasteiger partial charge in [-0.2, -0.15) is 9.80 Å². The number of carbonyl (C=O) groups is 1. The Hall–Kier alpha value is -3.55. The number of H-pyrrole nitrogens is 1. The van der Waals surface area contributed by atoms with Crippen molar-refractivity contribution in [3.8, 4) is 5.75 Å². The van der Waals surface area contributed by atoms with Crippen LogP contribution in [-0.4, -0.2) is 27.3 Å². The van der Waals surface area contributed by atoms with Gasteiger partial charge < -0.3 is 4.74 Å². The molecule has 0 aliphatic heterocycles. The molecule has 0 unspecified atom stereocenters. The van der Waals surface area contributed by atoms with Crippen LogP contribution in [0.3, 0.4) is 0 Å². The summed E-state index contributed by atoms with van der Waals surface area (Å²) in [4.78, 5) is 29.3. The van der Waals surface area contributed by atoms with Crippen molar-refractivity contribution in [2.75, 3.05) is 6.61 Å². The molecule has 1 N–H and O–H groups in total. The van der Waals surface area contributed by atoms with Crippen molar-refractivity contribution in [1.29, 1.82) is 0 Å². The molecule has 0 bridgehead atoms. The number of benzene rings is 1. The molecule has 0 fully saturated rings. The van der Waals surface area contributed by atoms with Crippen LogP contribution in [0.25, 0.3) is 0 Å². The van der Waals surface area contributed by atoms with Gasteiger partial charge in [-0.25, -0.2) is 0 Å². The van der Waals surface area contributed by atoms with Gasteiger partial charge in [-0.3, -0.25) is 19.7 Å². The molecule has 3 aromatic rings. The van der Waals surface area contributed by atoms with E-state index in [-0.39, 0.29) is 5.69 Å². The Bertz CT molecular complexity index is 1020. The number of aryl methyl sites for hydroxylation is 1. The minimum atomic E-state index is -0.535. The van der Waals surface area contributed by atoms with Crippen LogP contribution < -0.4 is 10.3 Å². The second kappa shape index (κ2) is 8.90. The second-order valence-corrected chi connectivity index (χ2v) is 6.00. The Balaban J connectivity index is 1.92. The Morgan fingerprint density at radius 3 is 2.61 bits per heavy atom. The standard InChI is InChI=1S/C20H21N5O3/c1-3-6-17-18(23-22-15-8-10-16(11-9-15)28-4-2)20(27)25(24-17)19(26)14-7-5-12-21-13-14/h5,7-13,24H,3-4,6H2,1-2H3. The molecule has 2 heterocycles. The molecular formula is C20H21N5O3. The molecule has 0 saturated heterocycles. The summed E-state index contributed by atoms with van der Waals surface area (Å²) in [5.41, 5.74) is 1.06. The summed E-state index contributed by atoms with van der Waals surface area (Å²) < 4.78 is 6.35. The van der Waals surface area contributed by atoms with Gasteiger partial charge in [-0.05, 0) is 49.7 Å². The second-order valence-electron chi connectivity index (χ2n) is 6.00. The number of pyridine rings is 1. The van der Waals surface area contributed by atoms with E-state index < -0.39 is 11.5 Å².